The quantitative estimate of drug-likeness (QED) is 0.909. The zero-order valence-electron chi connectivity index (χ0n) is 12.3. The van der Waals surface area contributed by atoms with Crippen LogP contribution in [-0.2, 0) is 6.61 Å². The minimum absolute atomic E-state index is 0.0436. The van der Waals surface area contributed by atoms with Crippen LogP contribution in [0.5, 0.6) is 0 Å². The fraction of sp³-hybridized carbons (Fsp3) is 0.333. The normalized spacial score (nSPS) is 16.0. The molecular formula is C18H19ClFNO. The number of benzene rings is 2. The van der Waals surface area contributed by atoms with Crippen molar-refractivity contribution in [2.75, 3.05) is 18.0 Å². The van der Waals surface area contributed by atoms with Crippen LogP contribution in [0.15, 0.2) is 42.5 Å². The largest absolute Gasteiger partial charge is 0.392 e. The number of anilines is 1. The van der Waals surface area contributed by atoms with E-state index in [2.05, 4.69) is 4.90 Å². The highest BCUT2D eigenvalue weighted by molar-refractivity contribution is 6.30. The molecule has 1 aliphatic rings. The SMILES string of the molecule is OCc1ccccc1N1CCC(c2ccc(Cl)cc2F)CC1. The molecule has 1 saturated heterocycles. The summed E-state index contributed by atoms with van der Waals surface area (Å²) in [5, 5.41) is 9.89. The van der Waals surface area contributed by atoms with Gasteiger partial charge in [-0.2, -0.15) is 0 Å². The first-order valence-electron chi connectivity index (χ1n) is 7.57. The molecule has 0 spiro atoms. The number of para-hydroxylation sites is 1. The van der Waals surface area contributed by atoms with Crippen molar-refractivity contribution in [2.45, 2.75) is 25.4 Å². The molecule has 2 aromatic rings. The van der Waals surface area contributed by atoms with Crippen molar-refractivity contribution < 1.29 is 9.50 Å². The van der Waals surface area contributed by atoms with Crippen LogP contribution >= 0.6 is 11.6 Å². The van der Waals surface area contributed by atoms with Crippen molar-refractivity contribution in [1.82, 2.24) is 0 Å². The van der Waals surface area contributed by atoms with Crippen molar-refractivity contribution in [1.29, 1.82) is 0 Å². The van der Waals surface area contributed by atoms with Gasteiger partial charge in [0.25, 0.3) is 0 Å². The summed E-state index contributed by atoms with van der Waals surface area (Å²) < 4.78 is 14.0. The summed E-state index contributed by atoms with van der Waals surface area (Å²) in [7, 11) is 0. The van der Waals surface area contributed by atoms with Crippen LogP contribution in [0.25, 0.3) is 0 Å². The lowest BCUT2D eigenvalue weighted by atomic mass is 9.88. The van der Waals surface area contributed by atoms with Crippen molar-refractivity contribution >= 4 is 17.3 Å². The number of hydrogen-bond donors (Lipinski definition) is 1. The van der Waals surface area contributed by atoms with Gasteiger partial charge in [0.05, 0.1) is 6.61 Å². The van der Waals surface area contributed by atoms with Gasteiger partial charge in [-0.15, -0.1) is 0 Å². The summed E-state index contributed by atoms with van der Waals surface area (Å²) in [6.07, 6.45) is 1.80. The molecule has 0 atom stereocenters. The number of halogens is 2. The third-order valence-corrected chi connectivity index (χ3v) is 4.64. The minimum atomic E-state index is -0.207. The van der Waals surface area contributed by atoms with Gasteiger partial charge in [0.2, 0.25) is 0 Å². The Bertz CT molecular complexity index is 653. The predicted octanol–water partition coefficient (Wildman–Crippen LogP) is 4.36. The molecule has 4 heteroatoms. The van der Waals surface area contributed by atoms with Crippen LogP contribution in [0.3, 0.4) is 0 Å². The molecule has 116 valence electrons. The Labute approximate surface area is 135 Å². The van der Waals surface area contributed by atoms with E-state index in [1.54, 1.807) is 12.1 Å². The summed E-state index contributed by atoms with van der Waals surface area (Å²) in [5.74, 6) is 0.0245. The summed E-state index contributed by atoms with van der Waals surface area (Å²) in [6.45, 7) is 1.77. The molecule has 1 fully saturated rings. The monoisotopic (exact) mass is 319 g/mol. The summed E-state index contributed by atoms with van der Waals surface area (Å²) in [5.41, 5.74) is 2.79. The molecule has 3 rings (SSSR count). The average Bonchev–Trinajstić information content (AvgIpc) is 2.55. The molecule has 2 nitrogen and oxygen atoms in total. The van der Waals surface area contributed by atoms with E-state index in [1.807, 2.05) is 24.3 Å². The van der Waals surface area contributed by atoms with E-state index < -0.39 is 0 Å². The minimum Gasteiger partial charge on any atom is -0.392 e. The van der Waals surface area contributed by atoms with Gasteiger partial charge in [0.1, 0.15) is 5.82 Å². The highest BCUT2D eigenvalue weighted by Crippen LogP contribution is 2.33. The van der Waals surface area contributed by atoms with Gasteiger partial charge >= 0.3 is 0 Å². The van der Waals surface area contributed by atoms with Crippen LogP contribution in [-0.4, -0.2) is 18.2 Å². The van der Waals surface area contributed by atoms with Gasteiger partial charge in [0, 0.05) is 29.4 Å². The molecular weight excluding hydrogens is 301 g/mol. The van der Waals surface area contributed by atoms with Crippen molar-refractivity contribution in [3.05, 3.63) is 64.4 Å². The molecule has 0 aliphatic carbocycles. The molecule has 22 heavy (non-hydrogen) atoms. The second kappa shape index (κ2) is 6.67. The van der Waals surface area contributed by atoms with E-state index in [4.69, 9.17) is 11.6 Å². The van der Waals surface area contributed by atoms with Gasteiger partial charge in [-0.3, -0.25) is 0 Å². The van der Waals surface area contributed by atoms with Gasteiger partial charge in [-0.25, -0.2) is 4.39 Å². The lowest BCUT2D eigenvalue weighted by Gasteiger charge is -2.35. The Balaban J connectivity index is 1.72. The maximum Gasteiger partial charge on any atom is 0.128 e. The topological polar surface area (TPSA) is 23.5 Å². The van der Waals surface area contributed by atoms with E-state index in [0.29, 0.717) is 5.02 Å². The van der Waals surface area contributed by atoms with Crippen LogP contribution in [0.4, 0.5) is 10.1 Å². The van der Waals surface area contributed by atoms with Crippen molar-refractivity contribution in [3.8, 4) is 0 Å². The van der Waals surface area contributed by atoms with E-state index in [1.165, 1.54) is 6.07 Å². The first-order chi connectivity index (χ1) is 10.7. The second-order valence-electron chi connectivity index (χ2n) is 5.71. The molecule has 0 radical (unpaired) electrons. The van der Waals surface area contributed by atoms with Gasteiger partial charge in [-0.05, 0) is 42.5 Å². The molecule has 0 unspecified atom stereocenters. The first-order valence-corrected chi connectivity index (χ1v) is 7.95. The Morgan fingerprint density at radius 3 is 2.55 bits per heavy atom. The maximum absolute atomic E-state index is 14.0. The van der Waals surface area contributed by atoms with Crippen molar-refractivity contribution in [3.63, 3.8) is 0 Å². The van der Waals surface area contributed by atoms with E-state index in [-0.39, 0.29) is 18.3 Å². The van der Waals surface area contributed by atoms with Crippen LogP contribution in [0.1, 0.15) is 29.9 Å². The number of hydrogen-bond acceptors (Lipinski definition) is 2. The van der Waals surface area contributed by atoms with Gasteiger partial charge < -0.3 is 10.0 Å². The molecule has 1 aliphatic heterocycles. The van der Waals surface area contributed by atoms with Gasteiger partial charge in [0.15, 0.2) is 0 Å². The lowest BCUT2D eigenvalue weighted by Crippen LogP contribution is -2.33. The maximum atomic E-state index is 14.0. The Morgan fingerprint density at radius 1 is 1.14 bits per heavy atom. The number of aliphatic hydroxyl groups excluding tert-OH is 1. The summed E-state index contributed by atoms with van der Waals surface area (Å²) in [6, 6.07) is 12.9. The molecule has 0 saturated carbocycles. The van der Waals surface area contributed by atoms with Crippen molar-refractivity contribution in [2.24, 2.45) is 0 Å². The third kappa shape index (κ3) is 3.11. The molecule has 0 amide bonds. The van der Waals surface area contributed by atoms with Crippen LogP contribution in [0, 0.1) is 5.82 Å². The Kier molecular flexibility index (Phi) is 4.65. The third-order valence-electron chi connectivity index (χ3n) is 4.40. The highest BCUT2D eigenvalue weighted by atomic mass is 35.5. The fourth-order valence-electron chi connectivity index (χ4n) is 3.22. The standard InChI is InChI=1S/C18H19ClFNO/c19-15-5-6-16(17(20)11-15)13-7-9-21(10-8-13)18-4-2-1-3-14(18)12-22/h1-6,11,13,22H,7-10,12H2. The summed E-state index contributed by atoms with van der Waals surface area (Å²) >= 11 is 5.82. The Hall–Kier alpha value is -1.58. The van der Waals surface area contributed by atoms with E-state index >= 15 is 0 Å². The average molecular weight is 320 g/mol. The van der Waals surface area contributed by atoms with Crippen LogP contribution in [0.2, 0.25) is 5.02 Å². The molecule has 1 N–H and O–H groups in total. The zero-order chi connectivity index (χ0) is 15.5. The smallest absolute Gasteiger partial charge is 0.128 e. The van der Waals surface area contributed by atoms with Gasteiger partial charge in [-0.1, -0.05) is 35.9 Å². The molecule has 0 bridgehead atoms. The van der Waals surface area contributed by atoms with Crippen LogP contribution < -0.4 is 4.90 Å². The van der Waals surface area contributed by atoms with E-state index in [9.17, 15) is 9.50 Å². The lowest BCUT2D eigenvalue weighted by molar-refractivity contribution is 0.282. The molecule has 2 aromatic carbocycles. The predicted molar refractivity (Wildman–Crippen MR) is 88.0 cm³/mol. The number of nitrogens with zero attached hydrogens (tertiary/aromatic N) is 1. The van der Waals surface area contributed by atoms with E-state index in [0.717, 1.165) is 42.7 Å². The first kappa shape index (κ1) is 15.3. The number of aliphatic hydroxyl groups is 1. The number of rotatable bonds is 3. The number of piperidine rings is 1. The summed E-state index contributed by atoms with van der Waals surface area (Å²) in [4.78, 5) is 2.27. The highest BCUT2D eigenvalue weighted by Gasteiger charge is 2.24. The molecule has 0 aromatic heterocycles. The second-order valence-corrected chi connectivity index (χ2v) is 6.15. The zero-order valence-corrected chi connectivity index (χ0v) is 13.1. The fourth-order valence-corrected chi connectivity index (χ4v) is 3.38. The molecule has 1 heterocycles. The Morgan fingerprint density at radius 2 is 1.86 bits per heavy atom.